The number of ether oxygens (including phenoxy) is 1. The molecule has 0 saturated heterocycles. The molecule has 2 aromatic rings. The molecule has 1 aromatic heterocycles. The third kappa shape index (κ3) is 2.55. The normalized spacial score (nSPS) is 12.5. The molecule has 18 heavy (non-hydrogen) atoms. The summed E-state index contributed by atoms with van der Waals surface area (Å²) in [6, 6.07) is 8.29. The van der Waals surface area contributed by atoms with Gasteiger partial charge in [-0.2, -0.15) is 0 Å². The van der Waals surface area contributed by atoms with Crippen LogP contribution in [0.5, 0.6) is 5.75 Å². The van der Waals surface area contributed by atoms with Gasteiger partial charge in [0.1, 0.15) is 5.75 Å². The quantitative estimate of drug-likeness (QED) is 0.718. The second-order valence-corrected chi connectivity index (χ2v) is 6.20. The van der Waals surface area contributed by atoms with Gasteiger partial charge in [-0.15, -0.1) is 22.9 Å². The van der Waals surface area contributed by atoms with Gasteiger partial charge in [0, 0.05) is 9.75 Å². The van der Waals surface area contributed by atoms with E-state index in [1.807, 2.05) is 19.1 Å². The van der Waals surface area contributed by atoms with Gasteiger partial charge in [-0.05, 0) is 49.6 Å². The van der Waals surface area contributed by atoms with E-state index in [1.54, 1.807) is 18.4 Å². The van der Waals surface area contributed by atoms with E-state index in [0.717, 1.165) is 16.9 Å². The Hall–Kier alpha value is -0.990. The van der Waals surface area contributed by atoms with Crippen molar-refractivity contribution >= 4 is 22.9 Å². The summed E-state index contributed by atoms with van der Waals surface area (Å²) in [5, 5.41) is -0.0768. The fraction of sp³-hybridized carbons (Fsp3) is 0.333. The third-order valence-corrected chi connectivity index (χ3v) is 4.98. The van der Waals surface area contributed by atoms with Crippen LogP contribution in [0.25, 0.3) is 0 Å². The smallest absolute Gasteiger partial charge is 0.121 e. The first-order valence-electron chi connectivity index (χ1n) is 5.88. The van der Waals surface area contributed by atoms with Crippen molar-refractivity contribution in [2.24, 2.45) is 0 Å². The van der Waals surface area contributed by atoms with Gasteiger partial charge in [0.25, 0.3) is 0 Å². The molecular formula is C15H17ClOS. The van der Waals surface area contributed by atoms with Crippen LogP contribution in [-0.2, 0) is 0 Å². The highest BCUT2D eigenvalue weighted by Gasteiger charge is 2.15. The molecule has 0 aliphatic carbocycles. The van der Waals surface area contributed by atoms with Crippen molar-refractivity contribution < 1.29 is 4.74 Å². The highest BCUT2D eigenvalue weighted by molar-refractivity contribution is 7.12. The molecule has 0 bridgehead atoms. The number of alkyl halides is 1. The molecule has 0 saturated carbocycles. The molecule has 0 amide bonds. The van der Waals surface area contributed by atoms with Crippen molar-refractivity contribution in [2.45, 2.75) is 26.1 Å². The number of rotatable bonds is 3. The highest BCUT2D eigenvalue weighted by atomic mass is 35.5. The molecular weight excluding hydrogens is 264 g/mol. The predicted octanol–water partition coefficient (Wildman–Crippen LogP) is 5.01. The maximum Gasteiger partial charge on any atom is 0.121 e. The molecule has 96 valence electrons. The lowest BCUT2D eigenvalue weighted by atomic mass is 10.1. The molecule has 1 heterocycles. The monoisotopic (exact) mass is 280 g/mol. The largest absolute Gasteiger partial charge is 0.496 e. The van der Waals surface area contributed by atoms with Crippen LogP contribution in [0.2, 0.25) is 0 Å². The first-order chi connectivity index (χ1) is 8.52. The third-order valence-electron chi connectivity index (χ3n) is 3.15. The zero-order chi connectivity index (χ0) is 13.3. The van der Waals surface area contributed by atoms with Gasteiger partial charge < -0.3 is 4.74 Å². The molecule has 3 heteroatoms. The Morgan fingerprint density at radius 1 is 1.11 bits per heavy atom. The number of aryl methyl sites for hydroxylation is 3. The van der Waals surface area contributed by atoms with Gasteiger partial charge in [0.15, 0.2) is 0 Å². The van der Waals surface area contributed by atoms with Crippen molar-refractivity contribution in [1.29, 1.82) is 0 Å². The molecule has 0 radical (unpaired) electrons. The Bertz CT molecular complexity index is 540. The molecule has 1 atom stereocenters. The van der Waals surface area contributed by atoms with Crippen LogP contribution in [0.15, 0.2) is 24.3 Å². The van der Waals surface area contributed by atoms with Crippen molar-refractivity contribution in [3.05, 3.63) is 50.7 Å². The lowest BCUT2D eigenvalue weighted by Gasteiger charge is -2.11. The van der Waals surface area contributed by atoms with Crippen LogP contribution in [0.4, 0.5) is 0 Å². The standard InChI is InChI=1S/C15H17ClOS/c1-9-8-14(18-11(9)3)15(16)12-5-6-13(17-4)10(2)7-12/h5-8,15H,1-4H3. The first kappa shape index (κ1) is 13.4. The molecule has 1 aromatic carbocycles. The molecule has 1 unspecified atom stereocenters. The zero-order valence-electron chi connectivity index (χ0n) is 11.1. The van der Waals surface area contributed by atoms with Crippen LogP contribution in [0.1, 0.15) is 31.8 Å². The van der Waals surface area contributed by atoms with E-state index in [-0.39, 0.29) is 5.38 Å². The summed E-state index contributed by atoms with van der Waals surface area (Å²) in [6.07, 6.45) is 0. The van der Waals surface area contributed by atoms with Crippen molar-refractivity contribution in [2.75, 3.05) is 7.11 Å². The Kier molecular flexibility index (Phi) is 3.98. The van der Waals surface area contributed by atoms with E-state index in [1.165, 1.54) is 15.3 Å². The fourth-order valence-electron chi connectivity index (χ4n) is 1.95. The Morgan fingerprint density at radius 2 is 1.83 bits per heavy atom. The molecule has 1 nitrogen and oxygen atoms in total. The summed E-state index contributed by atoms with van der Waals surface area (Å²) < 4.78 is 5.27. The number of hydrogen-bond donors (Lipinski definition) is 0. The minimum atomic E-state index is -0.0768. The van der Waals surface area contributed by atoms with E-state index in [2.05, 4.69) is 26.0 Å². The first-order valence-corrected chi connectivity index (χ1v) is 7.13. The van der Waals surface area contributed by atoms with Gasteiger partial charge in [0.05, 0.1) is 12.5 Å². The Labute approximate surface area is 117 Å². The number of benzene rings is 1. The maximum absolute atomic E-state index is 6.55. The summed E-state index contributed by atoms with van der Waals surface area (Å²) in [5.74, 6) is 0.904. The van der Waals surface area contributed by atoms with E-state index in [0.29, 0.717) is 0 Å². The average Bonchev–Trinajstić information content (AvgIpc) is 2.68. The predicted molar refractivity (Wildman–Crippen MR) is 79.2 cm³/mol. The van der Waals surface area contributed by atoms with Crippen molar-refractivity contribution in [3.63, 3.8) is 0 Å². The van der Waals surface area contributed by atoms with Gasteiger partial charge in [-0.25, -0.2) is 0 Å². The van der Waals surface area contributed by atoms with Gasteiger partial charge >= 0.3 is 0 Å². The molecule has 0 spiro atoms. The Balaban J connectivity index is 2.33. The van der Waals surface area contributed by atoms with E-state index in [9.17, 15) is 0 Å². The second-order valence-electron chi connectivity index (χ2n) is 4.48. The van der Waals surface area contributed by atoms with Crippen molar-refractivity contribution in [3.8, 4) is 5.75 Å². The summed E-state index contributed by atoms with van der Waals surface area (Å²) in [5.41, 5.74) is 3.55. The van der Waals surface area contributed by atoms with Crippen molar-refractivity contribution in [1.82, 2.24) is 0 Å². The summed E-state index contributed by atoms with van der Waals surface area (Å²) >= 11 is 8.32. The highest BCUT2D eigenvalue weighted by Crippen LogP contribution is 2.36. The Morgan fingerprint density at radius 3 is 2.33 bits per heavy atom. The van der Waals surface area contributed by atoms with Crippen LogP contribution in [0.3, 0.4) is 0 Å². The van der Waals surface area contributed by atoms with Crippen LogP contribution in [-0.4, -0.2) is 7.11 Å². The summed E-state index contributed by atoms with van der Waals surface area (Å²) in [7, 11) is 1.69. The number of thiophene rings is 1. The molecule has 2 rings (SSSR count). The number of methoxy groups -OCH3 is 1. The van der Waals surface area contributed by atoms with Gasteiger partial charge in [-0.1, -0.05) is 12.1 Å². The van der Waals surface area contributed by atoms with Gasteiger partial charge in [-0.3, -0.25) is 0 Å². The minimum Gasteiger partial charge on any atom is -0.496 e. The average molecular weight is 281 g/mol. The van der Waals surface area contributed by atoms with Crippen LogP contribution in [0, 0.1) is 20.8 Å². The number of hydrogen-bond acceptors (Lipinski definition) is 2. The topological polar surface area (TPSA) is 9.23 Å². The molecule has 0 N–H and O–H groups in total. The summed E-state index contributed by atoms with van der Waals surface area (Å²) in [4.78, 5) is 2.54. The maximum atomic E-state index is 6.55. The van der Waals surface area contributed by atoms with Gasteiger partial charge in [0.2, 0.25) is 0 Å². The minimum absolute atomic E-state index is 0.0768. The van der Waals surface area contributed by atoms with Crippen LogP contribution < -0.4 is 4.74 Å². The zero-order valence-corrected chi connectivity index (χ0v) is 12.7. The molecule has 0 aliphatic heterocycles. The van der Waals surface area contributed by atoms with E-state index < -0.39 is 0 Å². The van der Waals surface area contributed by atoms with Crippen LogP contribution >= 0.6 is 22.9 Å². The van der Waals surface area contributed by atoms with E-state index in [4.69, 9.17) is 16.3 Å². The number of halogens is 1. The lowest BCUT2D eigenvalue weighted by Crippen LogP contribution is -1.93. The SMILES string of the molecule is COc1ccc(C(Cl)c2cc(C)c(C)s2)cc1C. The lowest BCUT2D eigenvalue weighted by molar-refractivity contribution is 0.411. The second kappa shape index (κ2) is 5.33. The van der Waals surface area contributed by atoms with E-state index >= 15 is 0 Å². The molecule has 0 aliphatic rings. The summed E-state index contributed by atoms with van der Waals surface area (Å²) in [6.45, 7) is 6.29. The fourth-order valence-corrected chi connectivity index (χ4v) is 3.33. The molecule has 0 fully saturated rings.